The first-order valence-electron chi connectivity index (χ1n) is 6.96. The molecule has 1 heterocycles. The van der Waals surface area contributed by atoms with Crippen molar-refractivity contribution in [2.24, 2.45) is 0 Å². The lowest BCUT2D eigenvalue weighted by molar-refractivity contribution is 0.319. The molecule has 0 saturated heterocycles. The Hall–Kier alpha value is -2.23. The Morgan fingerprint density at radius 3 is 2.85 bits per heavy atom. The summed E-state index contributed by atoms with van der Waals surface area (Å²) in [6.07, 6.45) is 3.64. The van der Waals surface area contributed by atoms with Crippen LogP contribution in [0.15, 0.2) is 42.6 Å². The third-order valence-electron chi connectivity index (χ3n) is 2.95. The number of pyridine rings is 1. The van der Waals surface area contributed by atoms with E-state index >= 15 is 0 Å². The van der Waals surface area contributed by atoms with Crippen molar-refractivity contribution in [1.29, 1.82) is 0 Å². The molecule has 106 valence electrons. The first-order valence-corrected chi connectivity index (χ1v) is 6.96. The molecule has 0 unspecified atom stereocenters. The molecule has 0 saturated carbocycles. The normalized spacial score (nSPS) is 10.2. The van der Waals surface area contributed by atoms with Gasteiger partial charge in [-0.2, -0.15) is 0 Å². The second-order valence-corrected chi connectivity index (χ2v) is 4.56. The first kappa shape index (κ1) is 14.2. The molecule has 0 radical (unpaired) electrons. The van der Waals surface area contributed by atoms with Crippen LogP contribution in [0.5, 0.6) is 5.75 Å². The number of hydrogen-bond acceptors (Lipinski definition) is 4. The van der Waals surface area contributed by atoms with Gasteiger partial charge >= 0.3 is 0 Å². The van der Waals surface area contributed by atoms with Crippen molar-refractivity contribution in [1.82, 2.24) is 4.98 Å². The zero-order valence-electron chi connectivity index (χ0n) is 11.8. The van der Waals surface area contributed by atoms with Gasteiger partial charge in [0.05, 0.1) is 18.0 Å². The average Bonchev–Trinajstić information content (AvgIpc) is 2.49. The van der Waals surface area contributed by atoms with E-state index in [0.29, 0.717) is 12.3 Å². The van der Waals surface area contributed by atoms with E-state index in [4.69, 9.17) is 10.5 Å². The number of nitrogens with two attached hydrogens (primary N) is 1. The van der Waals surface area contributed by atoms with Crippen LogP contribution < -0.4 is 15.8 Å². The van der Waals surface area contributed by atoms with Crippen LogP contribution in [-0.2, 0) is 6.42 Å². The van der Waals surface area contributed by atoms with Gasteiger partial charge in [0.25, 0.3) is 0 Å². The highest BCUT2D eigenvalue weighted by atomic mass is 16.5. The Labute approximate surface area is 120 Å². The lowest BCUT2D eigenvalue weighted by Gasteiger charge is -2.13. The average molecular weight is 271 g/mol. The van der Waals surface area contributed by atoms with Gasteiger partial charge in [0.15, 0.2) is 0 Å². The number of ether oxygens (including phenoxy) is 1. The molecule has 0 amide bonds. The van der Waals surface area contributed by atoms with E-state index in [2.05, 4.69) is 17.2 Å². The van der Waals surface area contributed by atoms with Crippen LogP contribution >= 0.6 is 0 Å². The molecule has 0 spiro atoms. The summed E-state index contributed by atoms with van der Waals surface area (Å²) < 4.78 is 5.61. The highest BCUT2D eigenvalue weighted by Crippen LogP contribution is 2.29. The van der Waals surface area contributed by atoms with Crippen molar-refractivity contribution in [2.45, 2.75) is 19.8 Å². The summed E-state index contributed by atoms with van der Waals surface area (Å²) >= 11 is 0. The van der Waals surface area contributed by atoms with Gasteiger partial charge in [-0.25, -0.2) is 0 Å². The van der Waals surface area contributed by atoms with Gasteiger partial charge in [0, 0.05) is 24.9 Å². The second-order valence-electron chi connectivity index (χ2n) is 4.56. The van der Waals surface area contributed by atoms with Crippen molar-refractivity contribution >= 4 is 11.4 Å². The Morgan fingerprint density at radius 2 is 2.10 bits per heavy atom. The molecule has 4 heteroatoms. The van der Waals surface area contributed by atoms with Gasteiger partial charge in [-0.1, -0.05) is 19.1 Å². The molecule has 0 aliphatic heterocycles. The summed E-state index contributed by atoms with van der Waals surface area (Å²) in [4.78, 5) is 4.29. The lowest BCUT2D eigenvalue weighted by Crippen LogP contribution is -2.08. The van der Waals surface area contributed by atoms with Gasteiger partial charge in [0.1, 0.15) is 5.75 Å². The van der Waals surface area contributed by atoms with Gasteiger partial charge in [-0.15, -0.1) is 0 Å². The molecule has 0 aliphatic carbocycles. The van der Waals surface area contributed by atoms with Crippen LogP contribution in [-0.4, -0.2) is 18.1 Å². The van der Waals surface area contributed by atoms with Crippen molar-refractivity contribution < 1.29 is 4.74 Å². The number of aromatic nitrogens is 1. The van der Waals surface area contributed by atoms with E-state index in [0.717, 1.165) is 36.5 Å². The smallest absolute Gasteiger partial charge is 0.144 e. The minimum absolute atomic E-state index is 0.668. The van der Waals surface area contributed by atoms with Crippen molar-refractivity contribution in [2.75, 3.05) is 24.2 Å². The minimum atomic E-state index is 0.668. The molecule has 1 aromatic carbocycles. The van der Waals surface area contributed by atoms with Crippen molar-refractivity contribution in [3.8, 4) is 5.75 Å². The number of benzene rings is 1. The van der Waals surface area contributed by atoms with Crippen LogP contribution in [0.1, 0.15) is 19.0 Å². The van der Waals surface area contributed by atoms with Gasteiger partial charge in [-0.3, -0.25) is 4.98 Å². The van der Waals surface area contributed by atoms with Gasteiger partial charge < -0.3 is 15.8 Å². The van der Waals surface area contributed by atoms with Crippen LogP contribution in [0.2, 0.25) is 0 Å². The molecule has 0 bridgehead atoms. The fourth-order valence-corrected chi connectivity index (χ4v) is 1.91. The van der Waals surface area contributed by atoms with E-state index in [9.17, 15) is 0 Å². The molecule has 0 aliphatic rings. The number of nitrogens with one attached hydrogen (secondary N) is 1. The van der Waals surface area contributed by atoms with E-state index in [1.807, 2.05) is 42.6 Å². The third kappa shape index (κ3) is 3.88. The molecule has 0 atom stereocenters. The molecule has 2 rings (SSSR count). The second kappa shape index (κ2) is 7.38. The fraction of sp³-hybridized carbons (Fsp3) is 0.312. The number of para-hydroxylation sites is 1. The summed E-state index contributed by atoms with van der Waals surface area (Å²) in [7, 11) is 0. The van der Waals surface area contributed by atoms with E-state index < -0.39 is 0 Å². The summed E-state index contributed by atoms with van der Waals surface area (Å²) in [5.74, 6) is 0.745. The largest absolute Gasteiger partial charge is 0.491 e. The predicted molar refractivity (Wildman–Crippen MR) is 83.1 cm³/mol. The SMILES string of the molecule is CCCOc1cccc(NCCc2ccccn2)c1N. The molecule has 1 aromatic heterocycles. The van der Waals surface area contributed by atoms with Crippen molar-refractivity contribution in [3.05, 3.63) is 48.3 Å². The molecule has 20 heavy (non-hydrogen) atoms. The molecule has 2 aromatic rings. The number of anilines is 2. The summed E-state index contributed by atoms with van der Waals surface area (Å²) in [5.41, 5.74) is 8.75. The van der Waals surface area contributed by atoms with Crippen molar-refractivity contribution in [3.63, 3.8) is 0 Å². The number of hydrogen-bond donors (Lipinski definition) is 2. The quantitative estimate of drug-likeness (QED) is 0.760. The summed E-state index contributed by atoms with van der Waals surface area (Å²) in [6.45, 7) is 3.55. The lowest BCUT2D eigenvalue weighted by atomic mass is 10.2. The molecule has 3 N–H and O–H groups in total. The zero-order valence-corrected chi connectivity index (χ0v) is 11.8. The Kier molecular flexibility index (Phi) is 5.24. The highest BCUT2D eigenvalue weighted by molar-refractivity contribution is 5.72. The third-order valence-corrected chi connectivity index (χ3v) is 2.95. The van der Waals surface area contributed by atoms with Gasteiger partial charge in [0.2, 0.25) is 0 Å². The Balaban J connectivity index is 1.92. The maximum absolute atomic E-state index is 6.10. The summed E-state index contributed by atoms with van der Waals surface area (Å²) in [6, 6.07) is 11.7. The van der Waals surface area contributed by atoms with E-state index in [-0.39, 0.29) is 0 Å². The zero-order chi connectivity index (χ0) is 14.2. The number of rotatable bonds is 7. The molecular weight excluding hydrogens is 250 g/mol. The van der Waals surface area contributed by atoms with Gasteiger partial charge in [-0.05, 0) is 30.7 Å². The minimum Gasteiger partial charge on any atom is -0.491 e. The summed E-state index contributed by atoms with van der Waals surface area (Å²) in [5, 5.41) is 3.33. The fourth-order valence-electron chi connectivity index (χ4n) is 1.91. The molecular formula is C16H21N3O. The highest BCUT2D eigenvalue weighted by Gasteiger charge is 2.05. The molecule has 4 nitrogen and oxygen atoms in total. The van der Waals surface area contributed by atoms with Crippen LogP contribution in [0.4, 0.5) is 11.4 Å². The van der Waals surface area contributed by atoms with Crippen LogP contribution in [0, 0.1) is 0 Å². The standard InChI is InChI=1S/C16H21N3O/c1-2-12-20-15-8-5-7-14(16(15)17)19-11-9-13-6-3-4-10-18-13/h3-8,10,19H,2,9,11-12,17H2,1H3. The monoisotopic (exact) mass is 271 g/mol. The van der Waals surface area contributed by atoms with Crippen LogP contribution in [0.3, 0.4) is 0 Å². The predicted octanol–water partition coefficient (Wildman–Crippen LogP) is 3.11. The molecule has 0 fully saturated rings. The Morgan fingerprint density at radius 1 is 1.20 bits per heavy atom. The number of nitrogen functional groups attached to an aromatic ring is 1. The van der Waals surface area contributed by atoms with E-state index in [1.54, 1.807) is 0 Å². The topological polar surface area (TPSA) is 60.2 Å². The maximum Gasteiger partial charge on any atom is 0.144 e. The number of nitrogens with zero attached hydrogens (tertiary/aromatic N) is 1. The van der Waals surface area contributed by atoms with E-state index in [1.165, 1.54) is 0 Å². The Bertz CT molecular complexity index is 529. The van der Waals surface area contributed by atoms with Crippen LogP contribution in [0.25, 0.3) is 0 Å². The maximum atomic E-state index is 6.10. The first-order chi connectivity index (χ1) is 9.81.